The lowest BCUT2D eigenvalue weighted by atomic mass is 9.97. The van der Waals surface area contributed by atoms with Crippen LogP contribution in [0.5, 0.6) is 0 Å². The van der Waals surface area contributed by atoms with Crippen molar-refractivity contribution < 1.29 is 31.1 Å². The number of carbonyl (C=O) groups excluding carboxylic acids is 1. The Balaban J connectivity index is 1.59. The molecule has 3 aromatic rings. The van der Waals surface area contributed by atoms with Gasteiger partial charge in [0.2, 0.25) is 0 Å². The molecule has 1 fully saturated rings. The summed E-state index contributed by atoms with van der Waals surface area (Å²) in [7, 11) is 0. The Labute approximate surface area is 229 Å². The van der Waals surface area contributed by atoms with Crippen molar-refractivity contribution in [3.05, 3.63) is 99.9 Å². The third-order valence-electron chi connectivity index (χ3n) is 7.34. The van der Waals surface area contributed by atoms with E-state index in [1.165, 1.54) is 4.90 Å². The molecule has 0 N–H and O–H groups in total. The molecule has 2 aromatic carbocycles. The number of piperazine rings is 1. The van der Waals surface area contributed by atoms with Crippen LogP contribution < -0.4 is 0 Å². The molecule has 1 atom stereocenters. The normalized spacial score (nSPS) is 16.8. The second-order valence-corrected chi connectivity index (χ2v) is 10.3. The molecule has 40 heavy (non-hydrogen) atoms. The Hall–Kier alpha value is -3.40. The zero-order valence-corrected chi connectivity index (χ0v) is 22.3. The lowest BCUT2D eigenvalue weighted by Gasteiger charge is -2.42. The summed E-state index contributed by atoms with van der Waals surface area (Å²) in [6, 6.07) is 12.3. The quantitative estimate of drug-likeness (QED) is 0.299. The number of hydrogen-bond donors (Lipinski definition) is 0. The van der Waals surface area contributed by atoms with Crippen molar-refractivity contribution in [1.29, 1.82) is 0 Å². The van der Waals surface area contributed by atoms with Crippen molar-refractivity contribution in [3.8, 4) is 0 Å². The van der Waals surface area contributed by atoms with E-state index in [-0.39, 0.29) is 12.6 Å². The molecular weight excluding hydrogens is 532 g/mol. The van der Waals surface area contributed by atoms with Gasteiger partial charge in [0.15, 0.2) is 0 Å². The maximum absolute atomic E-state index is 13.5. The maximum Gasteiger partial charge on any atom is 0.416 e. The third kappa shape index (κ3) is 7.41. The molecule has 0 unspecified atom stereocenters. The van der Waals surface area contributed by atoms with Gasteiger partial charge in [-0.15, -0.1) is 0 Å². The molecule has 0 saturated carbocycles. The van der Waals surface area contributed by atoms with Crippen LogP contribution in [0.4, 0.5) is 26.3 Å². The van der Waals surface area contributed by atoms with Crippen molar-refractivity contribution in [3.63, 3.8) is 0 Å². The van der Waals surface area contributed by atoms with Crippen LogP contribution in [0, 0.1) is 13.8 Å². The average molecular weight is 564 g/mol. The number of amides is 1. The molecule has 1 saturated heterocycles. The molecule has 4 nitrogen and oxygen atoms in total. The van der Waals surface area contributed by atoms with Crippen molar-refractivity contribution in [2.75, 3.05) is 26.2 Å². The molecule has 0 radical (unpaired) electrons. The fourth-order valence-electron chi connectivity index (χ4n) is 5.04. The van der Waals surface area contributed by atoms with Crippen molar-refractivity contribution in [1.82, 2.24) is 14.8 Å². The van der Waals surface area contributed by atoms with Crippen LogP contribution in [0.25, 0.3) is 0 Å². The van der Waals surface area contributed by atoms with Crippen LogP contribution in [0.2, 0.25) is 0 Å². The van der Waals surface area contributed by atoms with Crippen LogP contribution in [0.15, 0.2) is 60.8 Å². The Kier molecular flexibility index (Phi) is 8.87. The molecule has 0 spiro atoms. The number of alkyl halides is 6. The second-order valence-electron chi connectivity index (χ2n) is 10.3. The van der Waals surface area contributed by atoms with E-state index in [1.54, 1.807) is 6.20 Å². The molecule has 0 bridgehead atoms. The van der Waals surface area contributed by atoms with Crippen LogP contribution in [-0.4, -0.2) is 52.9 Å². The molecule has 1 aromatic heterocycles. The number of aryl methyl sites for hydroxylation is 3. The molecule has 10 heteroatoms. The second kappa shape index (κ2) is 12.0. The van der Waals surface area contributed by atoms with Gasteiger partial charge in [0.05, 0.1) is 11.1 Å². The topological polar surface area (TPSA) is 36.4 Å². The standard InChI is InChI=1S/C30H31F6N3O/c1-20-8-9-22(14-21(20)2)15-27-19-38(11-5-7-26-6-3-4-10-37-26)12-13-39(27)28(40)23-16-24(29(31,32)33)18-25(17-23)30(34,35)36/h3-4,6,8-10,14,16-18,27H,5,7,11-13,15,19H2,1-2H3/t27-/m1/s1. The summed E-state index contributed by atoms with van der Waals surface area (Å²) in [5.74, 6) is -0.835. The number of nitrogens with zero attached hydrogens (tertiary/aromatic N) is 3. The minimum Gasteiger partial charge on any atom is -0.333 e. The molecule has 1 aliphatic rings. The molecular formula is C30H31F6N3O. The first kappa shape index (κ1) is 29.6. The summed E-state index contributed by atoms with van der Waals surface area (Å²) in [5, 5.41) is 0. The summed E-state index contributed by atoms with van der Waals surface area (Å²) in [6.07, 6.45) is -6.30. The number of hydrogen-bond acceptors (Lipinski definition) is 3. The van der Waals surface area contributed by atoms with Gasteiger partial charge in [-0.1, -0.05) is 24.3 Å². The molecule has 0 aliphatic carbocycles. The van der Waals surface area contributed by atoms with E-state index in [4.69, 9.17) is 0 Å². The van der Waals surface area contributed by atoms with E-state index < -0.39 is 41.0 Å². The number of halogens is 6. The molecule has 2 heterocycles. The minimum atomic E-state index is -5.03. The van der Waals surface area contributed by atoms with E-state index in [0.29, 0.717) is 31.6 Å². The summed E-state index contributed by atoms with van der Waals surface area (Å²) in [5.41, 5.74) is 0.463. The van der Waals surface area contributed by atoms with Gasteiger partial charge < -0.3 is 4.90 Å². The van der Waals surface area contributed by atoms with Gasteiger partial charge in [0.25, 0.3) is 5.91 Å². The zero-order chi connectivity index (χ0) is 29.1. The van der Waals surface area contributed by atoms with Gasteiger partial charge in [-0.05, 0) is 86.7 Å². The third-order valence-corrected chi connectivity index (χ3v) is 7.34. The monoisotopic (exact) mass is 563 g/mol. The lowest BCUT2D eigenvalue weighted by Crippen LogP contribution is -2.56. The number of rotatable bonds is 7. The highest BCUT2D eigenvalue weighted by atomic mass is 19.4. The van der Waals surface area contributed by atoms with Gasteiger partial charge in [0, 0.05) is 43.1 Å². The molecule has 1 aliphatic heterocycles. The molecule has 1 amide bonds. The van der Waals surface area contributed by atoms with E-state index in [0.717, 1.165) is 41.8 Å². The Morgan fingerprint density at radius 3 is 2.20 bits per heavy atom. The zero-order valence-electron chi connectivity index (χ0n) is 22.3. The fraction of sp³-hybridized carbons (Fsp3) is 0.400. The first-order chi connectivity index (χ1) is 18.8. The summed E-state index contributed by atoms with van der Waals surface area (Å²) >= 11 is 0. The smallest absolute Gasteiger partial charge is 0.333 e. The Morgan fingerprint density at radius 1 is 0.900 bits per heavy atom. The Morgan fingerprint density at radius 2 is 1.60 bits per heavy atom. The van der Waals surface area contributed by atoms with Gasteiger partial charge in [-0.3, -0.25) is 14.7 Å². The predicted molar refractivity (Wildman–Crippen MR) is 140 cm³/mol. The van der Waals surface area contributed by atoms with E-state index >= 15 is 0 Å². The summed E-state index contributed by atoms with van der Waals surface area (Å²) in [6.45, 7) is 5.77. The average Bonchev–Trinajstić information content (AvgIpc) is 2.90. The highest BCUT2D eigenvalue weighted by molar-refractivity contribution is 5.95. The predicted octanol–water partition coefficient (Wildman–Crippen LogP) is 6.74. The van der Waals surface area contributed by atoms with Gasteiger partial charge in [-0.2, -0.15) is 26.3 Å². The maximum atomic E-state index is 13.5. The first-order valence-corrected chi connectivity index (χ1v) is 13.1. The van der Waals surface area contributed by atoms with Crippen LogP contribution in [-0.2, 0) is 25.2 Å². The highest BCUT2D eigenvalue weighted by Crippen LogP contribution is 2.37. The molecule has 4 rings (SSSR count). The number of aromatic nitrogens is 1. The molecule has 214 valence electrons. The van der Waals surface area contributed by atoms with Crippen LogP contribution >= 0.6 is 0 Å². The van der Waals surface area contributed by atoms with Crippen LogP contribution in [0.3, 0.4) is 0 Å². The summed E-state index contributed by atoms with van der Waals surface area (Å²) in [4.78, 5) is 21.5. The minimum absolute atomic E-state index is 0.0445. The highest BCUT2D eigenvalue weighted by Gasteiger charge is 2.39. The fourth-order valence-corrected chi connectivity index (χ4v) is 5.04. The number of carbonyl (C=O) groups is 1. The Bertz CT molecular complexity index is 1290. The SMILES string of the molecule is Cc1ccc(C[C@@H]2CN(CCCc3ccccn3)CCN2C(=O)c2cc(C(F)(F)F)cc(C(F)(F)F)c2)cc1C. The van der Waals surface area contributed by atoms with Gasteiger partial charge in [0.1, 0.15) is 0 Å². The van der Waals surface area contributed by atoms with Gasteiger partial charge in [-0.25, -0.2) is 0 Å². The lowest BCUT2D eigenvalue weighted by molar-refractivity contribution is -0.143. The number of benzene rings is 2. The van der Waals surface area contributed by atoms with Crippen molar-refractivity contribution in [2.45, 2.75) is 51.5 Å². The summed E-state index contributed by atoms with van der Waals surface area (Å²) < 4.78 is 80.8. The largest absolute Gasteiger partial charge is 0.416 e. The van der Waals surface area contributed by atoms with Crippen LogP contribution in [0.1, 0.15) is 50.3 Å². The van der Waals surface area contributed by atoms with Gasteiger partial charge >= 0.3 is 12.4 Å². The number of pyridine rings is 1. The van der Waals surface area contributed by atoms with E-state index in [2.05, 4.69) is 9.88 Å². The van der Waals surface area contributed by atoms with Crippen molar-refractivity contribution >= 4 is 5.91 Å². The van der Waals surface area contributed by atoms with E-state index in [1.807, 2.05) is 50.2 Å². The van der Waals surface area contributed by atoms with E-state index in [9.17, 15) is 31.1 Å². The first-order valence-electron chi connectivity index (χ1n) is 13.1. The van der Waals surface area contributed by atoms with Crippen molar-refractivity contribution in [2.24, 2.45) is 0 Å².